The topological polar surface area (TPSA) is 93.1 Å². The minimum atomic E-state index is -3.04. The van der Waals surface area contributed by atoms with E-state index in [9.17, 15) is 13.2 Å². The van der Waals surface area contributed by atoms with Gasteiger partial charge in [0.2, 0.25) is 5.91 Å². The Morgan fingerprint density at radius 2 is 1.84 bits per heavy atom. The highest BCUT2D eigenvalue weighted by Gasteiger charge is 2.31. The van der Waals surface area contributed by atoms with E-state index in [0.29, 0.717) is 24.1 Å². The molecule has 7 nitrogen and oxygen atoms in total. The number of hydrogen-bond donors (Lipinski definition) is 2. The van der Waals surface area contributed by atoms with E-state index in [1.165, 1.54) is 5.56 Å². The standard InChI is InChI=1S/C24H36N4O3S/c1-6-17(4)19-7-9-20(10-8-19)24(16(2)3)25-14-23(29)26-22-13-18(5)27-28(22)21-11-12-32(30,31)15-21/h7-10,13,16-17,21,24-25H,6,11-12,14-15H2,1-5H3,(H,26,29). The Morgan fingerprint density at radius 3 is 2.41 bits per heavy atom. The van der Waals surface area contributed by atoms with Gasteiger partial charge in [0.1, 0.15) is 5.82 Å². The van der Waals surface area contributed by atoms with E-state index in [0.717, 1.165) is 17.7 Å². The van der Waals surface area contributed by atoms with Gasteiger partial charge in [-0.1, -0.05) is 52.0 Å². The molecule has 1 aromatic heterocycles. The first-order valence-corrected chi connectivity index (χ1v) is 13.3. The normalized spacial score (nSPS) is 19.8. The van der Waals surface area contributed by atoms with Crippen LogP contribution in [0.15, 0.2) is 30.3 Å². The van der Waals surface area contributed by atoms with Gasteiger partial charge in [-0.2, -0.15) is 5.10 Å². The lowest BCUT2D eigenvalue weighted by molar-refractivity contribution is -0.115. The zero-order valence-corrected chi connectivity index (χ0v) is 20.6. The van der Waals surface area contributed by atoms with Crippen molar-refractivity contribution in [3.05, 3.63) is 47.2 Å². The van der Waals surface area contributed by atoms with Crippen LogP contribution in [0.1, 0.15) is 75.4 Å². The summed E-state index contributed by atoms with van der Waals surface area (Å²) >= 11 is 0. The Balaban J connectivity index is 1.64. The average Bonchev–Trinajstić information content (AvgIpc) is 3.28. The molecular formula is C24H36N4O3S. The largest absolute Gasteiger partial charge is 0.310 e. The summed E-state index contributed by atoms with van der Waals surface area (Å²) in [7, 11) is -3.04. The van der Waals surface area contributed by atoms with Gasteiger partial charge in [-0.05, 0) is 42.7 Å². The Labute approximate surface area is 191 Å². The second-order valence-electron chi connectivity index (χ2n) is 9.30. The number of aryl methyl sites for hydroxylation is 1. The Hall–Kier alpha value is -2.19. The van der Waals surface area contributed by atoms with Crippen molar-refractivity contribution in [3.8, 4) is 0 Å². The van der Waals surface area contributed by atoms with E-state index < -0.39 is 9.84 Å². The summed E-state index contributed by atoms with van der Waals surface area (Å²) in [6, 6.07) is 10.3. The average molecular weight is 461 g/mol. The maximum absolute atomic E-state index is 12.7. The third-order valence-corrected chi connectivity index (χ3v) is 8.06. The van der Waals surface area contributed by atoms with Gasteiger partial charge in [-0.15, -0.1) is 0 Å². The fourth-order valence-corrected chi connectivity index (χ4v) is 5.94. The molecule has 0 radical (unpaired) electrons. The molecule has 0 saturated carbocycles. The summed E-state index contributed by atoms with van der Waals surface area (Å²) in [6.07, 6.45) is 1.63. The van der Waals surface area contributed by atoms with Gasteiger partial charge >= 0.3 is 0 Å². The number of carbonyl (C=O) groups is 1. The molecule has 2 N–H and O–H groups in total. The molecule has 32 heavy (non-hydrogen) atoms. The van der Waals surface area contributed by atoms with Crippen LogP contribution in [0, 0.1) is 12.8 Å². The number of hydrogen-bond acceptors (Lipinski definition) is 5. The fourth-order valence-electron chi connectivity index (χ4n) is 4.25. The van der Waals surface area contributed by atoms with Crippen molar-refractivity contribution in [1.29, 1.82) is 0 Å². The molecule has 176 valence electrons. The minimum Gasteiger partial charge on any atom is -0.310 e. The predicted molar refractivity (Wildman–Crippen MR) is 129 cm³/mol. The van der Waals surface area contributed by atoms with E-state index in [-0.39, 0.29) is 36.0 Å². The van der Waals surface area contributed by atoms with Crippen LogP contribution in [-0.4, -0.2) is 42.2 Å². The number of nitrogens with one attached hydrogen (secondary N) is 2. The number of anilines is 1. The van der Waals surface area contributed by atoms with Crippen LogP contribution < -0.4 is 10.6 Å². The van der Waals surface area contributed by atoms with Crippen LogP contribution in [0.5, 0.6) is 0 Å². The van der Waals surface area contributed by atoms with Crippen molar-refractivity contribution >= 4 is 21.6 Å². The molecule has 1 fully saturated rings. The first-order chi connectivity index (χ1) is 15.1. The third kappa shape index (κ3) is 5.98. The first-order valence-electron chi connectivity index (χ1n) is 11.5. The van der Waals surface area contributed by atoms with Crippen LogP contribution in [-0.2, 0) is 14.6 Å². The van der Waals surface area contributed by atoms with Gasteiger partial charge in [0.05, 0.1) is 29.8 Å². The molecule has 1 aliphatic heterocycles. The molecule has 0 aliphatic carbocycles. The van der Waals surface area contributed by atoms with Crippen molar-refractivity contribution < 1.29 is 13.2 Å². The van der Waals surface area contributed by atoms with Crippen LogP contribution in [0.25, 0.3) is 0 Å². The Kier molecular flexibility index (Phi) is 7.77. The Morgan fingerprint density at radius 1 is 1.19 bits per heavy atom. The lowest BCUT2D eigenvalue weighted by Crippen LogP contribution is -2.34. The van der Waals surface area contributed by atoms with Crippen molar-refractivity contribution in [1.82, 2.24) is 15.1 Å². The number of benzene rings is 1. The highest BCUT2D eigenvalue weighted by Crippen LogP contribution is 2.28. The van der Waals surface area contributed by atoms with E-state index >= 15 is 0 Å². The molecular weight excluding hydrogens is 424 g/mol. The number of aromatic nitrogens is 2. The Bertz CT molecular complexity index is 1030. The van der Waals surface area contributed by atoms with Gasteiger partial charge in [0, 0.05) is 12.1 Å². The van der Waals surface area contributed by atoms with E-state index in [2.05, 4.69) is 67.7 Å². The highest BCUT2D eigenvalue weighted by molar-refractivity contribution is 7.91. The van der Waals surface area contributed by atoms with Crippen LogP contribution in [0.2, 0.25) is 0 Å². The zero-order valence-electron chi connectivity index (χ0n) is 19.8. The first kappa shape index (κ1) is 24.5. The molecule has 8 heteroatoms. The fraction of sp³-hybridized carbons (Fsp3) is 0.583. The summed E-state index contributed by atoms with van der Waals surface area (Å²) in [5.74, 6) is 1.45. The van der Waals surface area contributed by atoms with Crippen LogP contribution in [0.3, 0.4) is 0 Å². The number of rotatable bonds is 9. The molecule has 0 spiro atoms. The molecule has 3 atom stereocenters. The van der Waals surface area contributed by atoms with Gasteiger partial charge in [0.15, 0.2) is 9.84 Å². The summed E-state index contributed by atoms with van der Waals surface area (Å²) in [5, 5.41) is 10.7. The lowest BCUT2D eigenvalue weighted by atomic mass is 9.92. The number of nitrogens with zero attached hydrogens (tertiary/aromatic N) is 2. The number of carbonyl (C=O) groups excluding carboxylic acids is 1. The molecule has 3 rings (SSSR count). The van der Waals surface area contributed by atoms with Crippen molar-refractivity contribution in [2.75, 3.05) is 23.4 Å². The van der Waals surface area contributed by atoms with Crippen LogP contribution >= 0.6 is 0 Å². The maximum atomic E-state index is 12.7. The molecule has 1 aliphatic rings. The third-order valence-electron chi connectivity index (χ3n) is 6.31. The monoisotopic (exact) mass is 460 g/mol. The predicted octanol–water partition coefficient (Wildman–Crippen LogP) is 3.99. The summed E-state index contributed by atoms with van der Waals surface area (Å²) in [4.78, 5) is 12.7. The maximum Gasteiger partial charge on any atom is 0.239 e. The molecule has 3 unspecified atom stereocenters. The molecule has 0 bridgehead atoms. The molecule has 1 amide bonds. The second kappa shape index (κ2) is 10.2. The van der Waals surface area contributed by atoms with Crippen molar-refractivity contribution in [2.45, 2.75) is 65.5 Å². The van der Waals surface area contributed by atoms with Crippen molar-refractivity contribution in [2.24, 2.45) is 5.92 Å². The van der Waals surface area contributed by atoms with E-state index in [4.69, 9.17) is 0 Å². The van der Waals surface area contributed by atoms with Crippen molar-refractivity contribution in [3.63, 3.8) is 0 Å². The van der Waals surface area contributed by atoms with Gasteiger partial charge in [0.25, 0.3) is 0 Å². The molecule has 1 saturated heterocycles. The number of sulfone groups is 1. The van der Waals surface area contributed by atoms with E-state index in [1.54, 1.807) is 10.7 Å². The van der Waals surface area contributed by atoms with E-state index in [1.807, 2.05) is 6.92 Å². The smallest absolute Gasteiger partial charge is 0.239 e. The lowest BCUT2D eigenvalue weighted by Gasteiger charge is -2.23. The minimum absolute atomic E-state index is 0.0540. The second-order valence-corrected chi connectivity index (χ2v) is 11.5. The summed E-state index contributed by atoms with van der Waals surface area (Å²) in [5.41, 5.74) is 3.24. The summed E-state index contributed by atoms with van der Waals surface area (Å²) in [6.45, 7) is 10.7. The molecule has 2 heterocycles. The van der Waals surface area contributed by atoms with Gasteiger partial charge in [-0.25, -0.2) is 13.1 Å². The summed E-state index contributed by atoms with van der Waals surface area (Å²) < 4.78 is 25.4. The van der Waals surface area contributed by atoms with Gasteiger partial charge < -0.3 is 10.6 Å². The SMILES string of the molecule is CCC(C)c1ccc(C(NCC(=O)Nc2cc(C)nn2C2CCS(=O)(=O)C2)C(C)C)cc1. The molecule has 1 aromatic carbocycles. The molecule has 2 aromatic rings. The highest BCUT2D eigenvalue weighted by atomic mass is 32.2. The number of amides is 1. The van der Waals surface area contributed by atoms with Gasteiger partial charge in [-0.3, -0.25) is 4.79 Å². The zero-order chi connectivity index (χ0) is 23.5. The quantitative estimate of drug-likeness (QED) is 0.590. The van der Waals surface area contributed by atoms with Crippen LogP contribution in [0.4, 0.5) is 5.82 Å².